The van der Waals surface area contributed by atoms with Crippen LogP contribution in [0.5, 0.6) is 0 Å². The monoisotopic (exact) mass is 438 g/mol. The van der Waals surface area contributed by atoms with Crippen LogP contribution in [0, 0.1) is 11.3 Å². The molecule has 2 heterocycles. The van der Waals surface area contributed by atoms with Gasteiger partial charge in [-0.3, -0.25) is 24.6 Å². The minimum atomic E-state index is -0.938. The summed E-state index contributed by atoms with van der Waals surface area (Å²) in [7, 11) is 0. The zero-order valence-electron chi connectivity index (χ0n) is 18.5. The fraction of sp³-hybridized carbons (Fsp3) is 0.417. The maximum atomic E-state index is 13.7. The zero-order valence-corrected chi connectivity index (χ0v) is 18.5. The molecule has 1 fully saturated rings. The molecule has 2 aromatic rings. The molecule has 2 atom stereocenters. The molecule has 1 saturated heterocycles. The molecule has 1 aromatic carbocycles. The highest BCUT2D eigenvalue weighted by molar-refractivity contribution is 5.99. The molecule has 0 unspecified atom stereocenters. The van der Waals surface area contributed by atoms with Crippen LogP contribution in [-0.4, -0.2) is 45.4 Å². The molecule has 8 nitrogen and oxygen atoms in total. The molecule has 3 N–H and O–H groups in total. The predicted octanol–water partition coefficient (Wildman–Crippen LogP) is 2.79. The predicted molar refractivity (Wildman–Crippen MR) is 120 cm³/mol. The van der Waals surface area contributed by atoms with Crippen molar-refractivity contribution < 1.29 is 19.6 Å². The van der Waals surface area contributed by atoms with E-state index in [-0.39, 0.29) is 24.2 Å². The molecule has 8 heteroatoms. The summed E-state index contributed by atoms with van der Waals surface area (Å²) in [6.45, 7) is 4.35. The lowest BCUT2D eigenvalue weighted by molar-refractivity contribution is -0.146. The van der Waals surface area contributed by atoms with Gasteiger partial charge in [0, 0.05) is 37.5 Å². The lowest BCUT2D eigenvalue weighted by Gasteiger charge is -2.32. The number of nitrogens with one attached hydrogen (secondary N) is 2. The molecule has 1 aromatic heterocycles. The molecule has 1 aliphatic heterocycles. The Balaban J connectivity index is 1.90. The summed E-state index contributed by atoms with van der Waals surface area (Å²) in [5.41, 5.74) is 2.25. The van der Waals surface area contributed by atoms with E-state index < -0.39 is 17.4 Å². The standard InChI is InChI=1S/C24H30N4O4/c1-17(2)15-24(16-21(29)27-32)10-13-28(23(24)31)20(14-18-6-4-3-5-7-18)22(30)26-19-8-11-25-12-9-19/h3-9,11-12,17,20,32H,10,13-16H2,1-2H3,(H,27,29)(H,25,26,30)/t20-,24+/m0/s1. The van der Waals surface area contributed by atoms with Crippen LogP contribution in [0.2, 0.25) is 0 Å². The quantitative estimate of drug-likeness (QED) is 0.412. The van der Waals surface area contributed by atoms with Gasteiger partial charge in [0.1, 0.15) is 6.04 Å². The van der Waals surface area contributed by atoms with Gasteiger partial charge in [-0.2, -0.15) is 0 Å². The summed E-state index contributed by atoms with van der Waals surface area (Å²) in [6, 6.07) is 12.2. The van der Waals surface area contributed by atoms with Crippen molar-refractivity contribution in [3.05, 3.63) is 60.4 Å². The Bertz CT molecular complexity index is 936. The van der Waals surface area contributed by atoms with Crippen molar-refractivity contribution in [3.8, 4) is 0 Å². The summed E-state index contributed by atoms with van der Waals surface area (Å²) in [5, 5.41) is 11.9. The number of likely N-dealkylation sites (tertiary alicyclic amines) is 1. The van der Waals surface area contributed by atoms with Crippen LogP contribution >= 0.6 is 0 Å². The molecule has 0 bridgehead atoms. The molecule has 32 heavy (non-hydrogen) atoms. The van der Waals surface area contributed by atoms with Crippen LogP contribution < -0.4 is 10.8 Å². The van der Waals surface area contributed by atoms with Crippen molar-refractivity contribution in [2.45, 2.75) is 45.6 Å². The molecule has 170 valence electrons. The third kappa shape index (κ3) is 5.50. The maximum Gasteiger partial charge on any atom is 0.247 e. The SMILES string of the molecule is CC(C)C[C@@]1(CC(=O)NO)CCN([C@@H](Cc2ccccc2)C(=O)Nc2ccncc2)C1=O. The second-order valence-corrected chi connectivity index (χ2v) is 8.77. The minimum Gasteiger partial charge on any atom is -0.330 e. The minimum absolute atomic E-state index is 0.110. The van der Waals surface area contributed by atoms with Crippen LogP contribution in [0.25, 0.3) is 0 Å². The molecule has 0 spiro atoms. The third-order valence-corrected chi connectivity index (χ3v) is 5.87. The van der Waals surface area contributed by atoms with E-state index in [9.17, 15) is 14.4 Å². The average Bonchev–Trinajstić information content (AvgIpc) is 3.08. The van der Waals surface area contributed by atoms with Gasteiger partial charge in [0.25, 0.3) is 0 Å². The van der Waals surface area contributed by atoms with Crippen LogP contribution in [0.15, 0.2) is 54.9 Å². The van der Waals surface area contributed by atoms with Crippen molar-refractivity contribution in [2.75, 3.05) is 11.9 Å². The number of anilines is 1. The Morgan fingerprint density at radius 3 is 2.47 bits per heavy atom. The smallest absolute Gasteiger partial charge is 0.247 e. The van der Waals surface area contributed by atoms with Crippen molar-refractivity contribution in [1.82, 2.24) is 15.4 Å². The fourth-order valence-corrected chi connectivity index (χ4v) is 4.54. The number of hydrogen-bond donors (Lipinski definition) is 3. The van der Waals surface area contributed by atoms with Crippen molar-refractivity contribution in [2.24, 2.45) is 11.3 Å². The van der Waals surface area contributed by atoms with Gasteiger partial charge in [-0.1, -0.05) is 44.2 Å². The van der Waals surface area contributed by atoms with Gasteiger partial charge >= 0.3 is 0 Å². The van der Waals surface area contributed by atoms with E-state index in [1.807, 2.05) is 44.2 Å². The number of hydrogen-bond acceptors (Lipinski definition) is 5. The first-order valence-electron chi connectivity index (χ1n) is 10.8. The number of carbonyl (C=O) groups excluding carboxylic acids is 3. The van der Waals surface area contributed by atoms with E-state index >= 15 is 0 Å². The highest BCUT2D eigenvalue weighted by atomic mass is 16.5. The van der Waals surface area contributed by atoms with E-state index in [2.05, 4.69) is 10.3 Å². The normalized spacial score (nSPS) is 19.1. The Morgan fingerprint density at radius 1 is 1.16 bits per heavy atom. The first kappa shape index (κ1) is 23.4. The maximum absolute atomic E-state index is 13.7. The van der Waals surface area contributed by atoms with E-state index in [0.29, 0.717) is 31.5 Å². The Kier molecular flexibility index (Phi) is 7.58. The van der Waals surface area contributed by atoms with Crippen molar-refractivity contribution >= 4 is 23.4 Å². The number of aromatic nitrogens is 1. The van der Waals surface area contributed by atoms with Gasteiger partial charge < -0.3 is 10.2 Å². The van der Waals surface area contributed by atoms with E-state index in [0.717, 1.165) is 5.56 Å². The summed E-state index contributed by atoms with van der Waals surface area (Å²) in [6.07, 6.45) is 4.37. The average molecular weight is 439 g/mol. The van der Waals surface area contributed by atoms with Crippen LogP contribution in [-0.2, 0) is 20.8 Å². The van der Waals surface area contributed by atoms with Crippen molar-refractivity contribution in [3.63, 3.8) is 0 Å². The number of rotatable bonds is 9. The lowest BCUT2D eigenvalue weighted by atomic mass is 9.75. The Labute approximate surface area is 188 Å². The Hall–Kier alpha value is -3.26. The second kappa shape index (κ2) is 10.4. The van der Waals surface area contributed by atoms with Crippen LogP contribution in [0.1, 0.15) is 38.7 Å². The van der Waals surface area contributed by atoms with E-state index in [4.69, 9.17) is 5.21 Å². The molecule has 0 saturated carbocycles. The molecule has 3 rings (SSSR count). The molecule has 0 radical (unpaired) electrons. The molecule has 1 aliphatic rings. The highest BCUT2D eigenvalue weighted by Gasteiger charge is 2.50. The Morgan fingerprint density at radius 2 is 1.84 bits per heavy atom. The number of carbonyl (C=O) groups is 3. The fourth-order valence-electron chi connectivity index (χ4n) is 4.54. The summed E-state index contributed by atoms with van der Waals surface area (Å²) in [5.74, 6) is -0.939. The topological polar surface area (TPSA) is 112 Å². The number of benzene rings is 1. The largest absolute Gasteiger partial charge is 0.330 e. The molecule has 0 aliphatic carbocycles. The number of nitrogens with zero attached hydrogens (tertiary/aromatic N) is 2. The lowest BCUT2D eigenvalue weighted by Crippen LogP contribution is -2.49. The van der Waals surface area contributed by atoms with Gasteiger partial charge in [0.15, 0.2) is 0 Å². The van der Waals surface area contributed by atoms with Gasteiger partial charge in [-0.25, -0.2) is 5.48 Å². The number of pyridine rings is 1. The molecule has 3 amide bonds. The van der Waals surface area contributed by atoms with Gasteiger partial charge in [0.05, 0.1) is 5.41 Å². The third-order valence-electron chi connectivity index (χ3n) is 5.87. The van der Waals surface area contributed by atoms with Gasteiger partial charge in [-0.05, 0) is 36.5 Å². The summed E-state index contributed by atoms with van der Waals surface area (Å²) < 4.78 is 0. The van der Waals surface area contributed by atoms with Gasteiger partial charge in [0.2, 0.25) is 17.7 Å². The molecular formula is C24H30N4O4. The van der Waals surface area contributed by atoms with Crippen LogP contribution in [0.3, 0.4) is 0 Å². The summed E-state index contributed by atoms with van der Waals surface area (Å²) >= 11 is 0. The number of amides is 3. The van der Waals surface area contributed by atoms with Crippen molar-refractivity contribution in [1.29, 1.82) is 0 Å². The van der Waals surface area contributed by atoms with Crippen LogP contribution in [0.4, 0.5) is 5.69 Å². The van der Waals surface area contributed by atoms with E-state index in [1.165, 1.54) is 0 Å². The van der Waals surface area contributed by atoms with Gasteiger partial charge in [-0.15, -0.1) is 0 Å². The summed E-state index contributed by atoms with van der Waals surface area (Å²) in [4.78, 5) is 44.6. The highest BCUT2D eigenvalue weighted by Crippen LogP contribution is 2.42. The first-order chi connectivity index (χ1) is 15.3. The zero-order chi connectivity index (χ0) is 23.1. The van der Waals surface area contributed by atoms with E-state index in [1.54, 1.807) is 34.9 Å². The number of hydroxylamine groups is 1. The molecular weight excluding hydrogens is 408 g/mol. The second-order valence-electron chi connectivity index (χ2n) is 8.77. The first-order valence-corrected chi connectivity index (χ1v) is 10.8.